The Kier molecular flexibility index (Phi) is 72.3. The van der Waals surface area contributed by atoms with Gasteiger partial charge in [0.25, 0.3) is 0 Å². The van der Waals surface area contributed by atoms with Crippen LogP contribution in [0.4, 0.5) is 0 Å². The Morgan fingerprint density at radius 2 is 0.298 bits per heavy atom. The first kappa shape index (κ1) is 99.1. The number of carbonyl (C=O) groups is 2. The van der Waals surface area contributed by atoms with Gasteiger partial charge in [-0.15, -0.1) is 0 Å². The van der Waals surface area contributed by atoms with E-state index in [0.29, 0.717) is 0 Å². The highest BCUT2D eigenvalue weighted by Crippen LogP contribution is 2.14. The van der Waals surface area contributed by atoms with Crippen LogP contribution in [0.25, 0.3) is 21.5 Å². The summed E-state index contributed by atoms with van der Waals surface area (Å²) in [5, 5.41) is 5.24. The third kappa shape index (κ3) is 55.5. The van der Waals surface area contributed by atoms with Gasteiger partial charge in [0.1, 0.15) is 28.7 Å². The summed E-state index contributed by atoms with van der Waals surface area (Å²) in [5.74, 6) is 4.79. The van der Waals surface area contributed by atoms with Crippen molar-refractivity contribution < 1.29 is 33.3 Å². The highest BCUT2D eigenvalue weighted by Gasteiger charge is 1.94. The number of para-hydroxylation sites is 5. The van der Waals surface area contributed by atoms with Gasteiger partial charge in [-0.2, -0.15) is 0 Å². The predicted octanol–water partition coefficient (Wildman–Crippen LogP) is 28.1. The largest absolute Gasteiger partial charge is 0.497 e. The van der Waals surface area contributed by atoms with Gasteiger partial charge in [-0.05, 0) is 110 Å². The molecule has 0 atom stereocenters. The molecule has 0 saturated carbocycles. The smallest absolute Gasteiger partial charge is 0.159 e. The Hall–Kier alpha value is -11.3. The van der Waals surface area contributed by atoms with E-state index in [2.05, 4.69) is 135 Å². The Labute approximate surface area is 630 Å². The lowest BCUT2D eigenvalue weighted by Gasteiger charge is -1.93. The van der Waals surface area contributed by atoms with Crippen molar-refractivity contribution in [3.8, 4) is 28.7 Å². The molecule has 0 heterocycles. The first-order valence-electron chi connectivity index (χ1n) is 36.0. The summed E-state index contributed by atoms with van der Waals surface area (Å²) in [5.41, 5.74) is 4.19. The molecular weight excluding hydrogens is 1280 g/mol. The second-order valence-corrected chi connectivity index (χ2v) is 19.4. The fourth-order valence-corrected chi connectivity index (χ4v) is 7.46. The zero-order chi connectivity index (χ0) is 78.3. The van der Waals surface area contributed by atoms with Crippen LogP contribution in [0.2, 0.25) is 0 Å². The van der Waals surface area contributed by atoms with Crippen LogP contribution in [0.15, 0.2) is 370 Å². The van der Waals surface area contributed by atoms with Crippen LogP contribution in [0.3, 0.4) is 0 Å². The van der Waals surface area contributed by atoms with E-state index >= 15 is 0 Å². The van der Waals surface area contributed by atoms with Gasteiger partial charge in [0.15, 0.2) is 11.6 Å². The van der Waals surface area contributed by atoms with E-state index in [1.54, 1.807) is 49.4 Å². The summed E-state index contributed by atoms with van der Waals surface area (Å²) in [6, 6.07) is 121. The van der Waals surface area contributed by atoms with E-state index in [-0.39, 0.29) is 11.6 Å². The average Bonchev–Trinajstić information content (AvgIpc) is 0.879. The number of Topliss-reactive ketones (excluding diaryl/α,β-unsaturated/α-hetero) is 2. The molecule has 0 radical (unpaired) electrons. The van der Waals surface area contributed by atoms with E-state index < -0.39 is 0 Å². The monoisotopic (exact) mass is 1400 g/mol. The molecule has 13 aromatic carbocycles. The highest BCUT2D eigenvalue weighted by molar-refractivity contribution is 5.94. The average molecular weight is 1400 g/mol. The molecule has 7 heteroatoms. The number of hydrogen-bond donors (Lipinski definition) is 0. The molecule has 554 valence electrons. The van der Waals surface area contributed by atoms with Crippen molar-refractivity contribution in [2.24, 2.45) is 0 Å². The summed E-state index contributed by atoms with van der Waals surface area (Å²) in [4.78, 5) is 21.3. The number of rotatable bonds is 7. The minimum absolute atomic E-state index is 0.121. The van der Waals surface area contributed by atoms with E-state index in [1.165, 1.54) is 32.7 Å². The molecule has 0 fully saturated rings. The predicted molar refractivity (Wildman–Crippen MR) is 456 cm³/mol. The second-order valence-electron chi connectivity index (χ2n) is 19.4. The van der Waals surface area contributed by atoms with Crippen LogP contribution in [-0.4, -0.2) is 47.1 Å². The molecule has 0 aliphatic heterocycles. The summed E-state index contributed by atoms with van der Waals surface area (Å²) >= 11 is 0. The summed E-state index contributed by atoms with van der Waals surface area (Å²) < 4.78 is 24.6. The van der Waals surface area contributed by atoms with Crippen molar-refractivity contribution in [3.05, 3.63) is 392 Å². The van der Waals surface area contributed by atoms with Crippen molar-refractivity contribution in [3.63, 3.8) is 0 Å². The molecule has 104 heavy (non-hydrogen) atoms. The zero-order valence-electron chi connectivity index (χ0n) is 66.6. The van der Waals surface area contributed by atoms with Crippen molar-refractivity contribution in [2.45, 2.75) is 111 Å². The molecule has 13 rings (SSSR count). The minimum Gasteiger partial charge on any atom is -0.497 e. The van der Waals surface area contributed by atoms with Crippen LogP contribution < -0.4 is 23.7 Å². The molecule has 0 spiro atoms. The normalized spacial score (nSPS) is 8.32. The van der Waals surface area contributed by atoms with Crippen LogP contribution >= 0.6 is 0 Å². The lowest BCUT2D eigenvalue weighted by molar-refractivity contribution is 0.100. The number of methoxy groups -OCH3 is 5. The molecule has 0 bridgehead atoms. The van der Waals surface area contributed by atoms with Crippen LogP contribution in [-0.2, 0) is 0 Å². The number of ether oxygens (including phenoxy) is 5. The Morgan fingerprint density at radius 1 is 0.183 bits per heavy atom. The van der Waals surface area contributed by atoms with E-state index in [0.717, 1.165) is 39.9 Å². The van der Waals surface area contributed by atoms with Gasteiger partial charge in [-0.25, -0.2) is 0 Å². The zero-order valence-corrected chi connectivity index (χ0v) is 66.6. The molecule has 7 nitrogen and oxygen atoms in total. The van der Waals surface area contributed by atoms with Gasteiger partial charge < -0.3 is 23.7 Å². The van der Waals surface area contributed by atoms with Crippen molar-refractivity contribution in [2.75, 3.05) is 35.5 Å². The van der Waals surface area contributed by atoms with E-state index in [1.807, 2.05) is 332 Å². The summed E-state index contributed by atoms with van der Waals surface area (Å²) in [6.45, 7) is 31.3. The molecule has 0 saturated heterocycles. The van der Waals surface area contributed by atoms with Crippen LogP contribution in [0.5, 0.6) is 28.7 Å². The first-order valence-corrected chi connectivity index (χ1v) is 36.0. The third-order valence-electron chi connectivity index (χ3n) is 12.5. The number of carbonyl (C=O) groups excluding carboxylic acids is 2. The lowest BCUT2D eigenvalue weighted by atomic mass is 10.1. The molecule has 0 aromatic heterocycles. The number of benzene rings is 13. The first-order chi connectivity index (χ1) is 51.0. The lowest BCUT2D eigenvalue weighted by Crippen LogP contribution is -1.88. The number of hydrogen-bond acceptors (Lipinski definition) is 7. The van der Waals surface area contributed by atoms with Gasteiger partial charge in [0, 0.05) is 11.1 Å². The number of ketones is 2. The minimum atomic E-state index is 0.121. The second kappa shape index (κ2) is 75.9. The SMILES string of the molecule is CC.CC.CC.CC.CC.CC.CC(=O)c1ccccc1.CC(=O)c1ccccc1.COc1ccccc1.COc1ccccc1.COc1ccccc1.COc1ccccc1.COc1ccccc1.Cc1ccccc1.Cc1ccccc1.c1ccc2ccccc2c1.c1ccc2ccccc2c1. The Bertz CT molecular complexity index is 3310. The fourth-order valence-electron chi connectivity index (χ4n) is 7.46. The number of aryl methyl sites for hydroxylation is 2. The quantitative estimate of drug-likeness (QED) is 0.147. The topological polar surface area (TPSA) is 80.3 Å². The molecule has 0 unspecified atom stereocenters. The maximum Gasteiger partial charge on any atom is 0.159 e. The number of fused-ring (bicyclic) bond motifs is 2. The van der Waals surface area contributed by atoms with Gasteiger partial charge in [0.2, 0.25) is 0 Å². The molecule has 0 N–H and O–H groups in total. The van der Waals surface area contributed by atoms with Crippen molar-refractivity contribution >= 4 is 33.1 Å². The maximum atomic E-state index is 10.6. The standard InChI is InChI=1S/2C10H8.2C8H8O.5C7H8O.2C7H8.6C2H6/c2*1-2-6-10-8-4-3-7-9(10)5-1;2*1-7(9)8-5-3-2-4-6-8;5*1-8-7-5-3-2-4-6-7;2*1-7-5-3-2-4-6-7;6*1-2/h2*1-8H;2*2-6H,1H3;5*2-6H,1H3;2*2-6H,1H3;6*1-2H3. The summed E-state index contributed by atoms with van der Waals surface area (Å²) in [6.07, 6.45) is 0. The molecular formula is C97H124O7. The van der Waals surface area contributed by atoms with Crippen LogP contribution in [0.1, 0.15) is 129 Å². The molecule has 0 amide bonds. The van der Waals surface area contributed by atoms with Crippen molar-refractivity contribution in [1.29, 1.82) is 0 Å². The molecule has 0 aliphatic carbocycles. The van der Waals surface area contributed by atoms with E-state index in [4.69, 9.17) is 23.7 Å². The van der Waals surface area contributed by atoms with E-state index in [9.17, 15) is 9.59 Å². The van der Waals surface area contributed by atoms with Gasteiger partial charge >= 0.3 is 0 Å². The van der Waals surface area contributed by atoms with Crippen molar-refractivity contribution in [1.82, 2.24) is 0 Å². The Balaban J connectivity index is -0.000000522. The van der Waals surface area contributed by atoms with Gasteiger partial charge in [-0.3, -0.25) is 9.59 Å². The fraction of sp³-hybridized carbons (Fsp3) is 0.216. The van der Waals surface area contributed by atoms with Gasteiger partial charge in [-0.1, -0.05) is 404 Å². The third-order valence-corrected chi connectivity index (χ3v) is 12.5. The molecule has 0 aliphatic rings. The summed E-state index contributed by atoms with van der Waals surface area (Å²) in [7, 11) is 8.31. The van der Waals surface area contributed by atoms with Crippen LogP contribution in [0, 0.1) is 13.8 Å². The Morgan fingerprint density at radius 3 is 0.385 bits per heavy atom. The molecule has 13 aromatic rings. The highest BCUT2D eigenvalue weighted by atomic mass is 16.5. The van der Waals surface area contributed by atoms with Gasteiger partial charge in [0.05, 0.1) is 35.5 Å². The maximum absolute atomic E-state index is 10.6.